The highest BCUT2D eigenvalue weighted by Gasteiger charge is 2.53. The van der Waals surface area contributed by atoms with Gasteiger partial charge in [0, 0.05) is 11.3 Å². The van der Waals surface area contributed by atoms with Crippen LogP contribution in [-0.2, 0) is 9.53 Å². The second-order valence-electron chi connectivity index (χ2n) is 8.82. The molecule has 1 N–H and O–H groups in total. The number of rotatable bonds is 2. The quantitative estimate of drug-likeness (QED) is 0.752. The fourth-order valence-corrected chi connectivity index (χ4v) is 6.02. The van der Waals surface area contributed by atoms with Gasteiger partial charge in [-0.25, -0.2) is 4.98 Å². The van der Waals surface area contributed by atoms with Crippen molar-refractivity contribution >= 4 is 22.9 Å². The van der Waals surface area contributed by atoms with Crippen molar-refractivity contribution in [3.8, 4) is 5.75 Å². The van der Waals surface area contributed by atoms with Crippen LogP contribution in [0.15, 0.2) is 36.4 Å². The van der Waals surface area contributed by atoms with Crippen LogP contribution in [0.3, 0.4) is 0 Å². The minimum Gasteiger partial charge on any atom is -0.508 e. The zero-order chi connectivity index (χ0) is 19.3. The number of phenolic OH excluding ortho intramolecular Hbond substituents is 1. The molecule has 3 fully saturated rings. The molecule has 0 amide bonds. The predicted octanol–water partition coefficient (Wildman–Crippen LogP) is 4.96. The Bertz CT molecular complexity index is 937. The Morgan fingerprint density at radius 3 is 2.93 bits per heavy atom. The van der Waals surface area contributed by atoms with E-state index < -0.39 is 0 Å². The van der Waals surface area contributed by atoms with Crippen LogP contribution in [0.5, 0.6) is 5.75 Å². The molecule has 28 heavy (non-hydrogen) atoms. The lowest BCUT2D eigenvalue weighted by Gasteiger charge is -2.45. The van der Waals surface area contributed by atoms with E-state index in [-0.39, 0.29) is 23.7 Å². The molecule has 2 saturated carbocycles. The van der Waals surface area contributed by atoms with E-state index >= 15 is 0 Å². The van der Waals surface area contributed by atoms with E-state index in [1.54, 1.807) is 12.1 Å². The van der Waals surface area contributed by atoms with Gasteiger partial charge in [-0.2, -0.15) is 0 Å². The van der Waals surface area contributed by atoms with Crippen LogP contribution in [0.4, 0.5) is 0 Å². The van der Waals surface area contributed by atoms with E-state index in [4.69, 9.17) is 9.72 Å². The molecule has 1 aromatic heterocycles. The number of hydrogen-bond donors (Lipinski definition) is 1. The number of nitrogens with zero attached hydrogens (tertiary/aromatic N) is 1. The summed E-state index contributed by atoms with van der Waals surface area (Å²) < 4.78 is 5.65. The maximum Gasteiger partial charge on any atom is 0.309 e. The predicted molar refractivity (Wildman–Crippen MR) is 109 cm³/mol. The van der Waals surface area contributed by atoms with E-state index in [0.29, 0.717) is 23.7 Å². The molecule has 0 spiro atoms. The second-order valence-corrected chi connectivity index (χ2v) is 8.82. The molecule has 4 heteroatoms. The molecule has 1 aliphatic heterocycles. The van der Waals surface area contributed by atoms with E-state index in [1.807, 2.05) is 18.2 Å². The maximum atomic E-state index is 12.4. The molecular formula is C24H27NO3. The lowest BCUT2D eigenvalue weighted by Crippen LogP contribution is -2.42. The Morgan fingerprint density at radius 1 is 1.18 bits per heavy atom. The van der Waals surface area contributed by atoms with Gasteiger partial charge in [0.05, 0.1) is 17.1 Å². The van der Waals surface area contributed by atoms with Crippen molar-refractivity contribution in [3.05, 3.63) is 42.1 Å². The molecule has 1 saturated heterocycles. The lowest BCUT2D eigenvalue weighted by atomic mass is 9.57. The van der Waals surface area contributed by atoms with Crippen molar-refractivity contribution in [2.45, 2.75) is 45.1 Å². The molecule has 6 atom stereocenters. The number of pyridine rings is 1. The monoisotopic (exact) mass is 377 g/mol. The fraction of sp³-hybridized carbons (Fsp3) is 0.500. The van der Waals surface area contributed by atoms with Gasteiger partial charge < -0.3 is 9.84 Å². The highest BCUT2D eigenvalue weighted by atomic mass is 16.6. The molecule has 2 aromatic rings. The average Bonchev–Trinajstić information content (AvgIpc) is 2.98. The number of aromatic nitrogens is 1. The molecule has 4 nitrogen and oxygen atoms in total. The summed E-state index contributed by atoms with van der Waals surface area (Å²) in [5.41, 5.74) is 1.80. The maximum absolute atomic E-state index is 12.4. The van der Waals surface area contributed by atoms with Gasteiger partial charge in [0.25, 0.3) is 0 Å². The number of carbonyl (C=O) groups excluding carboxylic acids is 1. The van der Waals surface area contributed by atoms with Crippen molar-refractivity contribution in [1.82, 2.24) is 4.98 Å². The highest BCUT2D eigenvalue weighted by molar-refractivity contribution is 5.81. The van der Waals surface area contributed by atoms with Gasteiger partial charge in [-0.1, -0.05) is 31.4 Å². The minimum absolute atomic E-state index is 0.00237. The molecule has 0 radical (unpaired) electrons. The minimum atomic E-state index is 0.00237. The number of phenols is 1. The van der Waals surface area contributed by atoms with Gasteiger partial charge in [-0.05, 0) is 67.9 Å². The topological polar surface area (TPSA) is 59.4 Å². The Hall–Kier alpha value is -2.36. The van der Waals surface area contributed by atoms with E-state index in [9.17, 15) is 9.90 Å². The smallest absolute Gasteiger partial charge is 0.309 e. The molecule has 0 unspecified atom stereocenters. The number of ether oxygens (including phenoxy) is 1. The van der Waals surface area contributed by atoms with Gasteiger partial charge in [-0.3, -0.25) is 4.79 Å². The summed E-state index contributed by atoms with van der Waals surface area (Å²) in [6.07, 6.45) is 10.5. The third-order valence-corrected chi connectivity index (χ3v) is 7.26. The number of esters is 1. The summed E-state index contributed by atoms with van der Waals surface area (Å²) in [6.45, 7) is 2.06. The van der Waals surface area contributed by atoms with Crippen LogP contribution in [0.1, 0.15) is 44.7 Å². The number of carbonyl (C=O) groups is 1. The number of hydrogen-bond acceptors (Lipinski definition) is 4. The largest absolute Gasteiger partial charge is 0.508 e. The van der Waals surface area contributed by atoms with Gasteiger partial charge in [0.15, 0.2) is 0 Å². The SMILES string of the molecule is C[C@H]1OC(=O)[C@@H]2C[C@@H]3CCCC[C@H]3[C@H](C=Cc3ccc4cc(O)ccc4n3)[C@H]12. The van der Waals surface area contributed by atoms with Gasteiger partial charge >= 0.3 is 5.97 Å². The summed E-state index contributed by atoms with van der Waals surface area (Å²) in [7, 11) is 0. The summed E-state index contributed by atoms with van der Waals surface area (Å²) in [5, 5.41) is 10.6. The zero-order valence-corrected chi connectivity index (χ0v) is 16.3. The summed E-state index contributed by atoms with van der Waals surface area (Å²) in [5.74, 6) is 2.31. The average molecular weight is 377 g/mol. The van der Waals surface area contributed by atoms with E-state index in [1.165, 1.54) is 25.7 Å². The van der Waals surface area contributed by atoms with Crippen LogP contribution < -0.4 is 0 Å². The van der Waals surface area contributed by atoms with Crippen molar-refractivity contribution in [2.24, 2.45) is 29.6 Å². The zero-order valence-electron chi connectivity index (χ0n) is 16.3. The van der Waals surface area contributed by atoms with Gasteiger partial charge in [0.1, 0.15) is 11.9 Å². The molecule has 1 aromatic carbocycles. The van der Waals surface area contributed by atoms with Crippen LogP contribution in [0.25, 0.3) is 17.0 Å². The summed E-state index contributed by atoms with van der Waals surface area (Å²) in [6, 6.07) is 9.25. The first kappa shape index (κ1) is 17.7. The number of fused-ring (bicyclic) bond motifs is 3. The third-order valence-electron chi connectivity index (χ3n) is 7.26. The Morgan fingerprint density at radius 2 is 2.04 bits per heavy atom. The molecule has 3 aliphatic rings. The van der Waals surface area contributed by atoms with Crippen LogP contribution in [-0.4, -0.2) is 22.2 Å². The molecule has 146 valence electrons. The van der Waals surface area contributed by atoms with Gasteiger partial charge in [0.2, 0.25) is 0 Å². The molecule has 2 heterocycles. The highest BCUT2D eigenvalue weighted by Crippen LogP contribution is 2.53. The fourth-order valence-electron chi connectivity index (χ4n) is 6.02. The van der Waals surface area contributed by atoms with Crippen molar-refractivity contribution < 1.29 is 14.6 Å². The third kappa shape index (κ3) is 2.99. The normalized spacial score (nSPS) is 35.0. The van der Waals surface area contributed by atoms with Crippen LogP contribution in [0, 0.1) is 29.6 Å². The first-order chi connectivity index (χ1) is 13.6. The Labute approximate surface area is 165 Å². The van der Waals surface area contributed by atoms with Crippen LogP contribution in [0.2, 0.25) is 0 Å². The summed E-state index contributed by atoms with van der Waals surface area (Å²) in [4.78, 5) is 17.1. The number of benzene rings is 1. The standard InChI is InChI=1S/C24H27NO3/c1-14-23-20(19-5-3-2-4-15(19)13-21(23)24(27)28-14)10-8-17-7-6-16-12-18(26)9-11-22(16)25-17/h6-12,14-15,19-21,23,26H,2-5,13H2,1H3/t14-,15+,19-,20+,21-,23+/m1/s1. The van der Waals surface area contributed by atoms with Gasteiger partial charge in [-0.15, -0.1) is 0 Å². The van der Waals surface area contributed by atoms with Crippen molar-refractivity contribution in [1.29, 1.82) is 0 Å². The molecular weight excluding hydrogens is 350 g/mol. The molecule has 5 rings (SSSR count). The first-order valence-corrected chi connectivity index (χ1v) is 10.6. The van der Waals surface area contributed by atoms with Crippen LogP contribution >= 0.6 is 0 Å². The summed E-state index contributed by atoms with van der Waals surface area (Å²) >= 11 is 0. The Balaban J connectivity index is 1.47. The van der Waals surface area contributed by atoms with Crippen molar-refractivity contribution in [3.63, 3.8) is 0 Å². The number of aromatic hydroxyl groups is 1. The molecule has 0 bridgehead atoms. The lowest BCUT2D eigenvalue weighted by molar-refractivity contribution is -0.144. The second kappa shape index (κ2) is 6.91. The van der Waals surface area contributed by atoms with Crippen molar-refractivity contribution in [2.75, 3.05) is 0 Å². The first-order valence-electron chi connectivity index (χ1n) is 10.6. The number of cyclic esters (lactones) is 1. The van der Waals surface area contributed by atoms with E-state index in [2.05, 4.69) is 19.1 Å². The van der Waals surface area contributed by atoms with E-state index in [0.717, 1.165) is 23.0 Å². The Kier molecular flexibility index (Phi) is 4.37. The number of allylic oxidation sites excluding steroid dienone is 1. The molecule has 2 aliphatic carbocycles.